The largest absolute Gasteiger partial charge is 0.337 e. The van der Waals surface area contributed by atoms with Gasteiger partial charge in [0.1, 0.15) is 0 Å². The second kappa shape index (κ2) is 4.19. The molecule has 0 amide bonds. The molecule has 0 atom stereocenters. The van der Waals surface area contributed by atoms with Crippen molar-refractivity contribution in [3.05, 3.63) is 51.4 Å². The lowest BCUT2D eigenvalue weighted by atomic mass is 10.1. The summed E-state index contributed by atoms with van der Waals surface area (Å²) in [5.74, 6) is 0. The highest BCUT2D eigenvalue weighted by Gasteiger charge is 2.05. The normalized spacial score (nSPS) is 10.0. The molecule has 1 aromatic heterocycles. The molecule has 16 heavy (non-hydrogen) atoms. The van der Waals surface area contributed by atoms with E-state index in [4.69, 9.17) is 12.2 Å². The predicted molar refractivity (Wildman–Crippen MR) is 61.5 cm³/mol. The summed E-state index contributed by atoms with van der Waals surface area (Å²) in [5.41, 5.74) is 1.55. The van der Waals surface area contributed by atoms with Crippen LogP contribution in [0.3, 0.4) is 0 Å². The molecule has 2 rings (SSSR count). The summed E-state index contributed by atoms with van der Waals surface area (Å²) >= 11 is 4.89. The van der Waals surface area contributed by atoms with E-state index in [1.54, 1.807) is 24.4 Å². The van der Waals surface area contributed by atoms with E-state index in [1.165, 1.54) is 12.1 Å². The number of nitro groups is 1. The number of nitrogens with zero attached hydrogens (tertiary/aromatic N) is 2. The predicted octanol–water partition coefficient (Wildman–Crippen LogP) is 2.71. The number of nitro benzene ring substituents is 1. The van der Waals surface area contributed by atoms with Crippen molar-refractivity contribution in [2.45, 2.75) is 0 Å². The lowest BCUT2D eigenvalue weighted by molar-refractivity contribution is -0.384. The Morgan fingerprint density at radius 1 is 1.25 bits per heavy atom. The van der Waals surface area contributed by atoms with E-state index in [9.17, 15) is 10.1 Å². The van der Waals surface area contributed by atoms with Crippen molar-refractivity contribution in [3.8, 4) is 11.3 Å². The van der Waals surface area contributed by atoms with Gasteiger partial charge in [-0.05, 0) is 30.4 Å². The van der Waals surface area contributed by atoms with Crippen LogP contribution in [0, 0.1) is 14.9 Å². The van der Waals surface area contributed by atoms with Gasteiger partial charge in [-0.15, -0.1) is 0 Å². The summed E-state index contributed by atoms with van der Waals surface area (Å²) < 4.78 is 0.385. The first-order valence-corrected chi connectivity index (χ1v) is 4.88. The first kappa shape index (κ1) is 10.4. The molecule has 80 valence electrons. The molecule has 0 spiro atoms. The quantitative estimate of drug-likeness (QED) is 0.491. The molecule has 0 radical (unpaired) electrons. The third kappa shape index (κ3) is 2.12. The van der Waals surface area contributed by atoms with Gasteiger partial charge in [-0.3, -0.25) is 10.1 Å². The van der Waals surface area contributed by atoms with Crippen LogP contribution in [0.1, 0.15) is 0 Å². The van der Waals surface area contributed by atoms with Crippen LogP contribution in [0.5, 0.6) is 0 Å². The van der Waals surface area contributed by atoms with E-state index in [1.807, 2.05) is 0 Å². The van der Waals surface area contributed by atoms with Crippen LogP contribution < -0.4 is 0 Å². The SMILES string of the molecule is O=[N+]([O-])c1ccc(-c2cc[nH]c(=S)n2)cc1. The molecular formula is C10H7N3O2S. The molecule has 1 aromatic carbocycles. The molecule has 1 heterocycles. The first-order valence-electron chi connectivity index (χ1n) is 4.47. The highest BCUT2D eigenvalue weighted by molar-refractivity contribution is 7.71. The Morgan fingerprint density at radius 3 is 2.50 bits per heavy atom. The molecule has 6 heteroatoms. The average Bonchev–Trinajstić information content (AvgIpc) is 2.29. The topological polar surface area (TPSA) is 71.8 Å². The Labute approximate surface area is 95.9 Å². The minimum Gasteiger partial charge on any atom is -0.337 e. The summed E-state index contributed by atoms with van der Waals surface area (Å²) in [6.45, 7) is 0. The Bertz CT molecular complexity index is 577. The minimum absolute atomic E-state index is 0.0600. The smallest absolute Gasteiger partial charge is 0.269 e. The van der Waals surface area contributed by atoms with Crippen molar-refractivity contribution in [2.24, 2.45) is 0 Å². The fourth-order valence-corrected chi connectivity index (χ4v) is 1.45. The van der Waals surface area contributed by atoms with Crippen LogP contribution >= 0.6 is 12.2 Å². The number of aromatic nitrogens is 2. The molecule has 0 aliphatic carbocycles. The molecule has 0 aliphatic heterocycles. The van der Waals surface area contributed by atoms with E-state index in [0.717, 1.165) is 5.56 Å². The van der Waals surface area contributed by atoms with Gasteiger partial charge in [-0.1, -0.05) is 0 Å². The van der Waals surface area contributed by atoms with E-state index >= 15 is 0 Å². The zero-order valence-corrected chi connectivity index (χ0v) is 8.90. The van der Waals surface area contributed by atoms with Gasteiger partial charge in [0.2, 0.25) is 0 Å². The number of H-pyrrole nitrogens is 1. The first-order chi connectivity index (χ1) is 7.66. The lowest BCUT2D eigenvalue weighted by Gasteiger charge is -1.99. The minimum atomic E-state index is -0.436. The zero-order valence-electron chi connectivity index (χ0n) is 8.08. The van der Waals surface area contributed by atoms with Gasteiger partial charge < -0.3 is 4.98 Å². The Hall–Kier alpha value is -2.08. The molecule has 2 aromatic rings. The van der Waals surface area contributed by atoms with E-state index in [-0.39, 0.29) is 5.69 Å². The Kier molecular flexibility index (Phi) is 2.74. The standard InChI is InChI=1S/C10H7N3O2S/c14-13(15)8-3-1-7(2-4-8)9-5-6-11-10(16)12-9/h1-6H,(H,11,12,16). The zero-order chi connectivity index (χ0) is 11.5. The van der Waals surface area contributed by atoms with Gasteiger partial charge in [-0.2, -0.15) is 0 Å². The van der Waals surface area contributed by atoms with Gasteiger partial charge in [-0.25, -0.2) is 4.98 Å². The Balaban J connectivity index is 2.42. The van der Waals surface area contributed by atoms with Crippen molar-refractivity contribution in [2.75, 3.05) is 0 Å². The summed E-state index contributed by atoms with van der Waals surface area (Å²) in [6.07, 6.45) is 1.69. The molecule has 0 saturated heterocycles. The van der Waals surface area contributed by atoms with Gasteiger partial charge in [0, 0.05) is 23.9 Å². The fourth-order valence-electron chi connectivity index (χ4n) is 1.29. The number of hydrogen-bond acceptors (Lipinski definition) is 4. The van der Waals surface area contributed by atoms with Crippen molar-refractivity contribution in [1.82, 2.24) is 9.97 Å². The number of aromatic amines is 1. The van der Waals surface area contributed by atoms with E-state index in [0.29, 0.717) is 10.5 Å². The van der Waals surface area contributed by atoms with Gasteiger partial charge in [0.25, 0.3) is 5.69 Å². The van der Waals surface area contributed by atoms with Crippen LogP contribution in [0.25, 0.3) is 11.3 Å². The van der Waals surface area contributed by atoms with Crippen molar-refractivity contribution in [1.29, 1.82) is 0 Å². The highest BCUT2D eigenvalue weighted by atomic mass is 32.1. The third-order valence-electron chi connectivity index (χ3n) is 2.04. The van der Waals surface area contributed by atoms with E-state index in [2.05, 4.69) is 9.97 Å². The van der Waals surface area contributed by atoms with Crippen molar-refractivity contribution in [3.63, 3.8) is 0 Å². The summed E-state index contributed by atoms with van der Waals surface area (Å²) in [4.78, 5) is 16.9. The molecule has 0 aliphatic rings. The number of non-ortho nitro benzene ring substituents is 1. The average molecular weight is 233 g/mol. The van der Waals surface area contributed by atoms with Crippen LogP contribution in [-0.2, 0) is 0 Å². The van der Waals surface area contributed by atoms with Crippen LogP contribution in [0.4, 0.5) is 5.69 Å². The monoisotopic (exact) mass is 233 g/mol. The van der Waals surface area contributed by atoms with Crippen molar-refractivity contribution < 1.29 is 4.92 Å². The summed E-state index contributed by atoms with van der Waals surface area (Å²) in [5, 5.41) is 10.5. The number of rotatable bonds is 2. The second-order valence-electron chi connectivity index (χ2n) is 3.08. The number of hydrogen-bond donors (Lipinski definition) is 1. The van der Waals surface area contributed by atoms with Gasteiger partial charge in [0.15, 0.2) is 4.77 Å². The number of benzene rings is 1. The molecule has 0 unspecified atom stereocenters. The fraction of sp³-hybridized carbons (Fsp3) is 0. The molecule has 0 fully saturated rings. The van der Waals surface area contributed by atoms with E-state index < -0.39 is 4.92 Å². The third-order valence-corrected chi connectivity index (χ3v) is 2.25. The molecule has 0 saturated carbocycles. The van der Waals surface area contributed by atoms with Gasteiger partial charge >= 0.3 is 0 Å². The maximum Gasteiger partial charge on any atom is 0.269 e. The van der Waals surface area contributed by atoms with Crippen molar-refractivity contribution >= 4 is 17.9 Å². The summed E-state index contributed by atoms with van der Waals surface area (Å²) in [6, 6.07) is 7.94. The van der Waals surface area contributed by atoms with Crippen LogP contribution in [0.15, 0.2) is 36.5 Å². The van der Waals surface area contributed by atoms with Crippen LogP contribution in [-0.4, -0.2) is 14.9 Å². The second-order valence-corrected chi connectivity index (χ2v) is 3.47. The maximum atomic E-state index is 10.5. The molecular weight excluding hydrogens is 226 g/mol. The van der Waals surface area contributed by atoms with Crippen LogP contribution in [0.2, 0.25) is 0 Å². The number of nitrogens with one attached hydrogen (secondary N) is 1. The molecule has 0 bridgehead atoms. The van der Waals surface area contributed by atoms with Gasteiger partial charge in [0.05, 0.1) is 10.6 Å². The maximum absolute atomic E-state index is 10.5. The molecule has 1 N–H and O–H groups in total. The summed E-state index contributed by atoms with van der Waals surface area (Å²) in [7, 11) is 0. The highest BCUT2D eigenvalue weighted by Crippen LogP contribution is 2.19. The molecule has 5 nitrogen and oxygen atoms in total. The Morgan fingerprint density at radius 2 is 1.94 bits per heavy atom. The lowest BCUT2D eigenvalue weighted by Crippen LogP contribution is -1.89.